The molecule has 1 saturated heterocycles. The van der Waals surface area contributed by atoms with Gasteiger partial charge in [0.2, 0.25) is 0 Å². The Balaban J connectivity index is 2.11. The molecule has 8 nitrogen and oxygen atoms in total. The monoisotopic (exact) mass is 322 g/mol. The summed E-state index contributed by atoms with van der Waals surface area (Å²) in [6.45, 7) is 0.200. The Morgan fingerprint density at radius 2 is 1.78 bits per heavy atom. The molecule has 1 fully saturated rings. The van der Waals surface area contributed by atoms with E-state index < -0.39 is 24.3 Å². The standard InChI is InChI=1S/C15H18N2O6/c1-22-11-4-3-10(12(7-11)23-2)8-16-5-6-17(9-13(18)19)15(21)14(16)20/h3-4,7H,5-6,8-9H2,1-2H3,(H,18,19). The molecule has 8 heteroatoms. The molecule has 1 aromatic carbocycles. The van der Waals surface area contributed by atoms with Gasteiger partial charge in [-0.3, -0.25) is 14.4 Å². The van der Waals surface area contributed by atoms with Crippen LogP contribution in [0, 0.1) is 0 Å². The van der Waals surface area contributed by atoms with E-state index in [-0.39, 0.29) is 19.6 Å². The second-order valence-corrected chi connectivity index (χ2v) is 5.02. The molecule has 0 bridgehead atoms. The predicted octanol–water partition coefficient (Wildman–Crippen LogP) is -0.0408. The smallest absolute Gasteiger partial charge is 0.323 e. The van der Waals surface area contributed by atoms with Crippen molar-refractivity contribution in [3.05, 3.63) is 23.8 Å². The first kappa shape index (κ1) is 16.6. The molecule has 0 aliphatic carbocycles. The van der Waals surface area contributed by atoms with Crippen LogP contribution in [0.2, 0.25) is 0 Å². The van der Waals surface area contributed by atoms with E-state index in [2.05, 4.69) is 0 Å². The molecule has 0 unspecified atom stereocenters. The quantitative estimate of drug-likeness (QED) is 0.738. The second kappa shape index (κ2) is 6.99. The van der Waals surface area contributed by atoms with Gasteiger partial charge in [0.1, 0.15) is 18.0 Å². The van der Waals surface area contributed by atoms with Crippen LogP contribution in [-0.2, 0) is 20.9 Å². The molecule has 23 heavy (non-hydrogen) atoms. The van der Waals surface area contributed by atoms with Gasteiger partial charge in [-0.2, -0.15) is 0 Å². The molecule has 0 aromatic heterocycles. The fourth-order valence-electron chi connectivity index (χ4n) is 2.37. The number of ether oxygens (including phenoxy) is 2. The zero-order chi connectivity index (χ0) is 17.0. The van der Waals surface area contributed by atoms with Crippen molar-refractivity contribution in [1.82, 2.24) is 9.80 Å². The van der Waals surface area contributed by atoms with Crippen molar-refractivity contribution in [1.29, 1.82) is 0 Å². The molecule has 2 rings (SSSR count). The van der Waals surface area contributed by atoms with Crippen LogP contribution in [0.4, 0.5) is 0 Å². The van der Waals surface area contributed by atoms with Gasteiger partial charge in [-0.1, -0.05) is 0 Å². The number of hydrogen-bond donors (Lipinski definition) is 1. The fraction of sp³-hybridized carbons (Fsp3) is 0.400. The predicted molar refractivity (Wildman–Crippen MR) is 79.2 cm³/mol. The minimum atomic E-state index is -1.14. The molecule has 0 atom stereocenters. The highest BCUT2D eigenvalue weighted by atomic mass is 16.5. The number of nitrogens with zero attached hydrogens (tertiary/aromatic N) is 2. The van der Waals surface area contributed by atoms with Crippen LogP contribution in [0.3, 0.4) is 0 Å². The largest absolute Gasteiger partial charge is 0.497 e. The molecule has 1 N–H and O–H groups in total. The van der Waals surface area contributed by atoms with Gasteiger partial charge in [0, 0.05) is 31.3 Å². The van der Waals surface area contributed by atoms with Gasteiger partial charge in [0.05, 0.1) is 14.2 Å². The van der Waals surface area contributed by atoms with Crippen LogP contribution in [-0.4, -0.2) is 66.5 Å². The number of carboxylic acid groups (broad SMARTS) is 1. The van der Waals surface area contributed by atoms with Gasteiger partial charge in [-0.15, -0.1) is 0 Å². The summed E-state index contributed by atoms with van der Waals surface area (Å²) in [6.07, 6.45) is 0. The lowest BCUT2D eigenvalue weighted by Gasteiger charge is -2.33. The van der Waals surface area contributed by atoms with Crippen LogP contribution in [0.5, 0.6) is 11.5 Å². The summed E-state index contributed by atoms with van der Waals surface area (Å²) in [6, 6.07) is 5.20. The lowest BCUT2D eigenvalue weighted by atomic mass is 10.1. The first-order valence-corrected chi connectivity index (χ1v) is 6.97. The van der Waals surface area contributed by atoms with Crippen LogP contribution in [0.1, 0.15) is 5.56 Å². The van der Waals surface area contributed by atoms with Gasteiger partial charge in [-0.05, 0) is 12.1 Å². The van der Waals surface area contributed by atoms with E-state index in [0.717, 1.165) is 10.5 Å². The minimum Gasteiger partial charge on any atom is -0.497 e. The number of carbonyl (C=O) groups is 3. The Bertz CT molecular complexity index is 630. The van der Waals surface area contributed by atoms with Crippen LogP contribution >= 0.6 is 0 Å². The summed E-state index contributed by atoms with van der Waals surface area (Å²) in [5.74, 6) is -1.48. The second-order valence-electron chi connectivity index (χ2n) is 5.02. The molecule has 1 aromatic rings. The first-order valence-electron chi connectivity index (χ1n) is 6.97. The highest BCUT2D eigenvalue weighted by Gasteiger charge is 2.33. The van der Waals surface area contributed by atoms with Crippen LogP contribution in [0.15, 0.2) is 18.2 Å². The SMILES string of the molecule is COc1ccc(CN2CCN(CC(=O)O)C(=O)C2=O)c(OC)c1. The van der Waals surface area contributed by atoms with Crippen LogP contribution in [0.25, 0.3) is 0 Å². The number of methoxy groups -OCH3 is 2. The zero-order valence-electron chi connectivity index (χ0n) is 12.9. The van der Waals surface area contributed by atoms with E-state index in [1.54, 1.807) is 18.2 Å². The summed E-state index contributed by atoms with van der Waals surface area (Å²) >= 11 is 0. The summed E-state index contributed by atoms with van der Waals surface area (Å²) < 4.78 is 10.4. The Hall–Kier alpha value is -2.77. The summed E-state index contributed by atoms with van der Waals surface area (Å²) in [5.41, 5.74) is 0.737. The number of rotatable bonds is 6. The molecular formula is C15H18N2O6. The van der Waals surface area contributed by atoms with E-state index in [4.69, 9.17) is 14.6 Å². The maximum Gasteiger partial charge on any atom is 0.323 e. The molecule has 2 amide bonds. The third-order valence-electron chi connectivity index (χ3n) is 3.58. The number of amides is 2. The zero-order valence-corrected chi connectivity index (χ0v) is 12.9. The van der Waals surface area contributed by atoms with Crippen LogP contribution < -0.4 is 9.47 Å². The molecule has 0 spiro atoms. The Morgan fingerprint density at radius 1 is 1.13 bits per heavy atom. The lowest BCUT2D eigenvalue weighted by Crippen LogP contribution is -2.55. The number of piperazine rings is 1. The molecular weight excluding hydrogens is 304 g/mol. The number of carbonyl (C=O) groups excluding carboxylic acids is 2. The van der Waals surface area contributed by atoms with Crippen molar-refractivity contribution >= 4 is 17.8 Å². The average Bonchev–Trinajstić information content (AvgIpc) is 2.54. The highest BCUT2D eigenvalue weighted by molar-refractivity contribution is 6.35. The van der Waals surface area contributed by atoms with Crippen molar-refractivity contribution in [3.8, 4) is 11.5 Å². The number of hydrogen-bond acceptors (Lipinski definition) is 5. The molecule has 1 aliphatic heterocycles. The number of carboxylic acids is 1. The van der Waals surface area contributed by atoms with Crippen molar-refractivity contribution in [2.24, 2.45) is 0 Å². The Morgan fingerprint density at radius 3 is 2.39 bits per heavy atom. The van der Waals surface area contributed by atoms with E-state index in [9.17, 15) is 14.4 Å². The van der Waals surface area contributed by atoms with Crippen molar-refractivity contribution < 1.29 is 29.0 Å². The van der Waals surface area contributed by atoms with Gasteiger partial charge in [-0.25, -0.2) is 0 Å². The van der Waals surface area contributed by atoms with Gasteiger partial charge in [0.25, 0.3) is 0 Å². The molecule has 1 heterocycles. The summed E-state index contributed by atoms with van der Waals surface area (Å²) in [4.78, 5) is 37.2. The average molecular weight is 322 g/mol. The molecule has 0 radical (unpaired) electrons. The Kier molecular flexibility index (Phi) is 5.05. The molecule has 1 aliphatic rings. The lowest BCUT2D eigenvalue weighted by molar-refractivity contribution is -0.159. The molecule has 124 valence electrons. The minimum absolute atomic E-state index is 0.190. The number of benzene rings is 1. The fourth-order valence-corrected chi connectivity index (χ4v) is 2.37. The first-order chi connectivity index (χ1) is 11.0. The highest BCUT2D eigenvalue weighted by Crippen LogP contribution is 2.26. The third kappa shape index (κ3) is 3.71. The van der Waals surface area contributed by atoms with Crippen molar-refractivity contribution in [2.75, 3.05) is 33.9 Å². The Labute approximate surface area is 133 Å². The third-order valence-corrected chi connectivity index (χ3v) is 3.58. The maximum atomic E-state index is 12.1. The van der Waals surface area contributed by atoms with Gasteiger partial charge in [0.15, 0.2) is 0 Å². The maximum absolute atomic E-state index is 12.1. The van der Waals surface area contributed by atoms with Crippen molar-refractivity contribution in [2.45, 2.75) is 6.54 Å². The normalized spacial score (nSPS) is 14.9. The summed E-state index contributed by atoms with van der Waals surface area (Å²) in [5, 5.41) is 8.74. The summed E-state index contributed by atoms with van der Waals surface area (Å²) in [7, 11) is 3.05. The number of aliphatic carboxylic acids is 1. The van der Waals surface area contributed by atoms with E-state index in [1.807, 2.05) is 0 Å². The van der Waals surface area contributed by atoms with E-state index >= 15 is 0 Å². The van der Waals surface area contributed by atoms with Gasteiger partial charge < -0.3 is 24.4 Å². The topological polar surface area (TPSA) is 96.4 Å². The van der Waals surface area contributed by atoms with Gasteiger partial charge >= 0.3 is 17.8 Å². The van der Waals surface area contributed by atoms with E-state index in [0.29, 0.717) is 11.5 Å². The van der Waals surface area contributed by atoms with Crippen molar-refractivity contribution in [3.63, 3.8) is 0 Å². The molecule has 0 saturated carbocycles. The van der Waals surface area contributed by atoms with E-state index in [1.165, 1.54) is 19.1 Å².